The van der Waals surface area contributed by atoms with Gasteiger partial charge in [0.05, 0.1) is 15.7 Å². The Morgan fingerprint density at radius 3 is 2.19 bits per heavy atom. The van der Waals surface area contributed by atoms with Crippen LogP contribution in [-0.2, 0) is 0 Å². The van der Waals surface area contributed by atoms with Crippen LogP contribution >= 0.6 is 23.2 Å². The molecule has 0 atom stereocenters. The molecular formula is C12H10Cl2N2. The van der Waals surface area contributed by atoms with E-state index in [0.717, 1.165) is 11.1 Å². The van der Waals surface area contributed by atoms with Crippen molar-refractivity contribution >= 4 is 34.6 Å². The molecule has 0 aromatic heterocycles. The van der Waals surface area contributed by atoms with Crippen LogP contribution in [0, 0.1) is 0 Å². The van der Waals surface area contributed by atoms with E-state index in [1.807, 2.05) is 12.1 Å². The van der Waals surface area contributed by atoms with Gasteiger partial charge < -0.3 is 11.5 Å². The minimum Gasteiger partial charge on any atom is -0.399 e. The molecule has 0 saturated carbocycles. The molecule has 4 heteroatoms. The van der Waals surface area contributed by atoms with Gasteiger partial charge in [0.25, 0.3) is 0 Å². The van der Waals surface area contributed by atoms with Crippen LogP contribution in [-0.4, -0.2) is 0 Å². The number of benzene rings is 2. The number of nitrogen functional groups attached to an aromatic ring is 2. The molecule has 0 spiro atoms. The molecular weight excluding hydrogens is 243 g/mol. The number of hydrogen-bond acceptors (Lipinski definition) is 2. The molecule has 2 aromatic carbocycles. The van der Waals surface area contributed by atoms with Crippen LogP contribution in [0.25, 0.3) is 11.1 Å². The Hall–Kier alpha value is -1.38. The van der Waals surface area contributed by atoms with Gasteiger partial charge in [-0.15, -0.1) is 0 Å². The molecule has 0 fully saturated rings. The molecule has 0 saturated heterocycles. The number of nitrogens with two attached hydrogens (primary N) is 2. The van der Waals surface area contributed by atoms with E-state index in [1.54, 1.807) is 24.3 Å². The summed E-state index contributed by atoms with van der Waals surface area (Å²) in [6.45, 7) is 0. The summed E-state index contributed by atoms with van der Waals surface area (Å²) >= 11 is 12.1. The van der Waals surface area contributed by atoms with Gasteiger partial charge in [0.1, 0.15) is 0 Å². The van der Waals surface area contributed by atoms with Crippen molar-refractivity contribution in [2.75, 3.05) is 11.5 Å². The van der Waals surface area contributed by atoms with Gasteiger partial charge in [-0.05, 0) is 29.8 Å². The Kier molecular flexibility index (Phi) is 2.95. The zero-order valence-corrected chi connectivity index (χ0v) is 9.89. The van der Waals surface area contributed by atoms with E-state index in [4.69, 9.17) is 34.7 Å². The van der Waals surface area contributed by atoms with Gasteiger partial charge in [-0.1, -0.05) is 35.3 Å². The predicted octanol–water partition coefficient (Wildman–Crippen LogP) is 3.82. The highest BCUT2D eigenvalue weighted by Gasteiger charge is 2.05. The fourth-order valence-electron chi connectivity index (χ4n) is 1.46. The number of rotatable bonds is 1. The molecule has 0 aliphatic heterocycles. The predicted molar refractivity (Wildman–Crippen MR) is 70.7 cm³/mol. The van der Waals surface area contributed by atoms with Crippen molar-refractivity contribution < 1.29 is 0 Å². The van der Waals surface area contributed by atoms with Crippen molar-refractivity contribution in [1.82, 2.24) is 0 Å². The highest BCUT2D eigenvalue weighted by Crippen LogP contribution is 2.32. The fraction of sp³-hybridized carbons (Fsp3) is 0. The van der Waals surface area contributed by atoms with Gasteiger partial charge in [0.15, 0.2) is 0 Å². The third-order valence-corrected chi connectivity index (χ3v) is 2.94. The maximum Gasteiger partial charge on any atom is 0.0641 e. The second-order valence-corrected chi connectivity index (χ2v) is 4.29. The molecule has 0 bridgehead atoms. The second-order valence-electron chi connectivity index (χ2n) is 3.48. The van der Waals surface area contributed by atoms with E-state index in [1.165, 1.54) is 0 Å². The smallest absolute Gasteiger partial charge is 0.0641 e. The molecule has 0 heterocycles. The van der Waals surface area contributed by atoms with E-state index in [9.17, 15) is 0 Å². The number of hydrogen-bond donors (Lipinski definition) is 2. The number of anilines is 2. The van der Waals surface area contributed by atoms with E-state index < -0.39 is 0 Å². The lowest BCUT2D eigenvalue weighted by atomic mass is 10.0. The lowest BCUT2D eigenvalue weighted by Gasteiger charge is -2.07. The van der Waals surface area contributed by atoms with Crippen LogP contribution in [0.1, 0.15) is 0 Å². The first-order valence-corrected chi connectivity index (χ1v) is 5.44. The molecule has 0 aliphatic rings. The lowest BCUT2D eigenvalue weighted by Crippen LogP contribution is -1.88. The maximum atomic E-state index is 6.10. The Morgan fingerprint density at radius 2 is 1.56 bits per heavy atom. The Morgan fingerprint density at radius 1 is 0.812 bits per heavy atom. The topological polar surface area (TPSA) is 52.0 Å². The molecule has 0 aliphatic carbocycles. The first-order chi connectivity index (χ1) is 7.58. The zero-order chi connectivity index (χ0) is 11.7. The molecule has 0 unspecified atom stereocenters. The maximum absolute atomic E-state index is 6.10. The summed E-state index contributed by atoms with van der Waals surface area (Å²) in [4.78, 5) is 0. The summed E-state index contributed by atoms with van der Waals surface area (Å²) in [6.07, 6.45) is 0. The third kappa shape index (κ3) is 2.08. The first-order valence-electron chi connectivity index (χ1n) is 4.68. The molecule has 0 amide bonds. The highest BCUT2D eigenvalue weighted by atomic mass is 35.5. The third-order valence-electron chi connectivity index (χ3n) is 2.30. The Labute approximate surface area is 104 Å². The quantitative estimate of drug-likeness (QED) is 0.759. The summed E-state index contributed by atoms with van der Waals surface area (Å²) < 4.78 is 0. The van der Waals surface area contributed by atoms with Crippen molar-refractivity contribution in [3.63, 3.8) is 0 Å². The van der Waals surface area contributed by atoms with Gasteiger partial charge in [-0.3, -0.25) is 0 Å². The van der Waals surface area contributed by atoms with Crippen molar-refractivity contribution in [1.29, 1.82) is 0 Å². The summed E-state index contributed by atoms with van der Waals surface area (Å²) in [5, 5.41) is 1.12. The zero-order valence-electron chi connectivity index (χ0n) is 8.37. The summed E-state index contributed by atoms with van der Waals surface area (Å²) in [6, 6.07) is 10.8. The largest absolute Gasteiger partial charge is 0.399 e. The van der Waals surface area contributed by atoms with Crippen LogP contribution in [0.2, 0.25) is 10.0 Å². The summed E-state index contributed by atoms with van der Waals surface area (Å²) in [7, 11) is 0. The van der Waals surface area contributed by atoms with Crippen LogP contribution < -0.4 is 11.5 Å². The van der Waals surface area contributed by atoms with Crippen LogP contribution in [0.3, 0.4) is 0 Å². The average Bonchev–Trinajstić information content (AvgIpc) is 2.22. The van der Waals surface area contributed by atoms with Crippen LogP contribution in [0.4, 0.5) is 11.4 Å². The average molecular weight is 253 g/mol. The van der Waals surface area contributed by atoms with Crippen molar-refractivity contribution in [3.8, 4) is 11.1 Å². The molecule has 82 valence electrons. The van der Waals surface area contributed by atoms with Crippen LogP contribution in [0.5, 0.6) is 0 Å². The molecule has 2 nitrogen and oxygen atoms in total. The lowest BCUT2D eigenvalue weighted by molar-refractivity contribution is 1.60. The van der Waals surface area contributed by atoms with Crippen LogP contribution in [0.15, 0.2) is 36.4 Å². The standard InChI is InChI=1S/C12H10Cl2N2/c13-10-6-8(15)2-3-9(10)7-1-4-12(16)11(14)5-7/h1-6H,15-16H2. The highest BCUT2D eigenvalue weighted by molar-refractivity contribution is 6.34. The minimum atomic E-state index is 0.519. The number of halogens is 2. The van der Waals surface area contributed by atoms with Gasteiger partial charge in [-0.2, -0.15) is 0 Å². The molecule has 16 heavy (non-hydrogen) atoms. The molecule has 4 N–H and O–H groups in total. The van der Waals surface area contributed by atoms with E-state index >= 15 is 0 Å². The fourth-order valence-corrected chi connectivity index (χ4v) is 1.94. The molecule has 2 rings (SSSR count). The second kappa shape index (κ2) is 4.24. The Balaban J connectivity index is 2.54. The minimum absolute atomic E-state index is 0.519. The monoisotopic (exact) mass is 252 g/mol. The van der Waals surface area contributed by atoms with Gasteiger partial charge in [0, 0.05) is 11.3 Å². The summed E-state index contributed by atoms with van der Waals surface area (Å²) in [5.41, 5.74) is 14.3. The van der Waals surface area contributed by atoms with E-state index in [-0.39, 0.29) is 0 Å². The SMILES string of the molecule is Nc1ccc(-c2ccc(N)c(Cl)c2)c(Cl)c1. The van der Waals surface area contributed by atoms with Gasteiger partial charge >= 0.3 is 0 Å². The van der Waals surface area contributed by atoms with Crippen molar-refractivity contribution in [2.24, 2.45) is 0 Å². The summed E-state index contributed by atoms with van der Waals surface area (Å²) in [5.74, 6) is 0. The van der Waals surface area contributed by atoms with E-state index in [0.29, 0.717) is 21.4 Å². The van der Waals surface area contributed by atoms with Crippen molar-refractivity contribution in [3.05, 3.63) is 46.4 Å². The molecule has 0 radical (unpaired) electrons. The molecule has 2 aromatic rings. The van der Waals surface area contributed by atoms with Gasteiger partial charge in [-0.25, -0.2) is 0 Å². The first kappa shape index (κ1) is 11.1. The van der Waals surface area contributed by atoms with Crippen molar-refractivity contribution in [2.45, 2.75) is 0 Å². The Bertz CT molecular complexity index is 539. The van der Waals surface area contributed by atoms with Gasteiger partial charge in [0.2, 0.25) is 0 Å². The van der Waals surface area contributed by atoms with E-state index in [2.05, 4.69) is 0 Å². The normalized spacial score (nSPS) is 10.4.